The number of likely N-dealkylation sites (N-methyl/N-ethyl adjacent to an activating group) is 1. The van der Waals surface area contributed by atoms with Gasteiger partial charge in [0.2, 0.25) is 0 Å². The molecule has 1 aromatic heterocycles. The Morgan fingerprint density at radius 1 is 1.37 bits per heavy atom. The Bertz CT molecular complexity index is 511. The molecule has 0 bridgehead atoms. The highest BCUT2D eigenvalue weighted by molar-refractivity contribution is 9.10. The van der Waals surface area contributed by atoms with Crippen LogP contribution >= 0.6 is 15.9 Å². The van der Waals surface area contributed by atoms with Gasteiger partial charge in [-0.05, 0) is 52.7 Å². The summed E-state index contributed by atoms with van der Waals surface area (Å²) in [5.74, 6) is 0.854. The summed E-state index contributed by atoms with van der Waals surface area (Å²) in [6, 6.07) is 8.45. The van der Waals surface area contributed by atoms with E-state index in [0.29, 0.717) is 0 Å². The lowest BCUT2D eigenvalue weighted by Gasteiger charge is -2.17. The Morgan fingerprint density at radius 2 is 2.21 bits per heavy atom. The second kappa shape index (κ2) is 6.78. The van der Waals surface area contributed by atoms with Gasteiger partial charge in [0.15, 0.2) is 0 Å². The maximum Gasteiger partial charge on any atom is 0.133 e. The van der Waals surface area contributed by atoms with Crippen LogP contribution in [0.25, 0.3) is 0 Å². The van der Waals surface area contributed by atoms with Gasteiger partial charge in [0.1, 0.15) is 5.75 Å². The number of methoxy groups -OCH3 is 1. The van der Waals surface area contributed by atoms with E-state index < -0.39 is 0 Å². The van der Waals surface area contributed by atoms with E-state index in [9.17, 15) is 0 Å². The monoisotopic (exact) mass is 323 g/mol. The van der Waals surface area contributed by atoms with Gasteiger partial charge in [0.05, 0.1) is 24.1 Å². The molecule has 0 saturated heterocycles. The summed E-state index contributed by atoms with van der Waals surface area (Å²) in [6.07, 6.45) is 4.42. The van der Waals surface area contributed by atoms with Crippen molar-refractivity contribution in [1.29, 1.82) is 0 Å². The zero-order chi connectivity index (χ0) is 13.7. The predicted octanol–water partition coefficient (Wildman–Crippen LogP) is 3.94. The average molecular weight is 324 g/mol. The zero-order valence-electron chi connectivity index (χ0n) is 11.2. The number of ether oxygens (including phenoxy) is 1. The second-order valence-electron chi connectivity index (χ2n) is 4.34. The van der Waals surface area contributed by atoms with E-state index in [-0.39, 0.29) is 6.04 Å². The first-order valence-electron chi connectivity index (χ1n) is 6.32. The summed E-state index contributed by atoms with van der Waals surface area (Å²) < 4.78 is 11.4. The van der Waals surface area contributed by atoms with Crippen molar-refractivity contribution in [3.05, 3.63) is 52.4 Å². The van der Waals surface area contributed by atoms with Crippen molar-refractivity contribution in [3.8, 4) is 5.75 Å². The standard InChI is InChI=1S/C15H18BrNO2/c1-3-17-14(12-6-7-19-10-12)9-11-4-5-15(18-2)13(16)8-11/h4-8,10,14,17H,3,9H2,1-2H3. The number of halogens is 1. The van der Waals surface area contributed by atoms with Crippen LogP contribution in [-0.4, -0.2) is 13.7 Å². The quantitative estimate of drug-likeness (QED) is 0.874. The molecule has 4 heteroatoms. The van der Waals surface area contributed by atoms with Gasteiger partial charge in [-0.2, -0.15) is 0 Å². The highest BCUT2D eigenvalue weighted by Crippen LogP contribution is 2.28. The summed E-state index contributed by atoms with van der Waals surface area (Å²) in [5, 5.41) is 3.47. The fourth-order valence-electron chi connectivity index (χ4n) is 2.10. The van der Waals surface area contributed by atoms with Gasteiger partial charge in [0, 0.05) is 11.6 Å². The van der Waals surface area contributed by atoms with Crippen LogP contribution in [0.15, 0.2) is 45.7 Å². The first-order valence-corrected chi connectivity index (χ1v) is 7.11. The van der Waals surface area contributed by atoms with E-state index in [1.54, 1.807) is 19.6 Å². The van der Waals surface area contributed by atoms with Crippen LogP contribution in [0.5, 0.6) is 5.75 Å². The highest BCUT2D eigenvalue weighted by Gasteiger charge is 2.13. The van der Waals surface area contributed by atoms with Gasteiger partial charge < -0.3 is 14.5 Å². The van der Waals surface area contributed by atoms with Crippen LogP contribution in [0.1, 0.15) is 24.1 Å². The molecule has 3 nitrogen and oxygen atoms in total. The van der Waals surface area contributed by atoms with Crippen molar-refractivity contribution in [3.63, 3.8) is 0 Å². The number of nitrogens with one attached hydrogen (secondary N) is 1. The zero-order valence-corrected chi connectivity index (χ0v) is 12.7. The molecule has 1 atom stereocenters. The third-order valence-corrected chi connectivity index (χ3v) is 3.67. The summed E-state index contributed by atoms with van der Waals surface area (Å²) >= 11 is 3.52. The Kier molecular flexibility index (Phi) is 5.05. The maximum absolute atomic E-state index is 5.25. The Hall–Kier alpha value is -1.26. The minimum Gasteiger partial charge on any atom is -0.496 e. The number of hydrogen-bond donors (Lipinski definition) is 1. The predicted molar refractivity (Wildman–Crippen MR) is 79.5 cm³/mol. The van der Waals surface area contributed by atoms with Crippen molar-refractivity contribution in [1.82, 2.24) is 5.32 Å². The van der Waals surface area contributed by atoms with E-state index in [2.05, 4.69) is 40.3 Å². The molecule has 2 rings (SSSR count). The van der Waals surface area contributed by atoms with Crippen molar-refractivity contribution in [2.45, 2.75) is 19.4 Å². The van der Waals surface area contributed by atoms with Crippen LogP contribution in [-0.2, 0) is 6.42 Å². The fourth-order valence-corrected chi connectivity index (χ4v) is 2.69. The molecule has 0 aliphatic heterocycles. The average Bonchev–Trinajstić information content (AvgIpc) is 2.92. The first kappa shape index (κ1) is 14.2. The van der Waals surface area contributed by atoms with Crippen molar-refractivity contribution < 1.29 is 9.15 Å². The summed E-state index contributed by atoms with van der Waals surface area (Å²) in [4.78, 5) is 0. The second-order valence-corrected chi connectivity index (χ2v) is 5.19. The van der Waals surface area contributed by atoms with Gasteiger partial charge in [0.25, 0.3) is 0 Å². The van der Waals surface area contributed by atoms with E-state index in [1.165, 1.54) is 11.1 Å². The van der Waals surface area contributed by atoms with Crippen LogP contribution in [0.3, 0.4) is 0 Å². The lowest BCUT2D eigenvalue weighted by molar-refractivity contribution is 0.412. The molecule has 0 fully saturated rings. The molecule has 19 heavy (non-hydrogen) atoms. The van der Waals surface area contributed by atoms with Crippen molar-refractivity contribution in [2.75, 3.05) is 13.7 Å². The molecule has 0 aliphatic carbocycles. The Labute approximate surface area is 122 Å². The SMILES string of the molecule is CCNC(Cc1ccc(OC)c(Br)c1)c1ccoc1. The molecular weight excluding hydrogens is 306 g/mol. The largest absolute Gasteiger partial charge is 0.496 e. The molecular formula is C15H18BrNO2. The molecule has 1 heterocycles. The normalized spacial score (nSPS) is 12.4. The summed E-state index contributed by atoms with van der Waals surface area (Å²) in [5.41, 5.74) is 2.42. The summed E-state index contributed by atoms with van der Waals surface area (Å²) in [7, 11) is 1.67. The Balaban J connectivity index is 2.15. The topological polar surface area (TPSA) is 34.4 Å². The Morgan fingerprint density at radius 3 is 2.79 bits per heavy atom. The van der Waals surface area contributed by atoms with E-state index in [4.69, 9.17) is 9.15 Å². The van der Waals surface area contributed by atoms with Crippen molar-refractivity contribution in [2.24, 2.45) is 0 Å². The van der Waals surface area contributed by atoms with E-state index in [1.807, 2.05) is 12.1 Å². The van der Waals surface area contributed by atoms with Gasteiger partial charge in [-0.15, -0.1) is 0 Å². The van der Waals surface area contributed by atoms with Gasteiger partial charge in [-0.1, -0.05) is 13.0 Å². The fraction of sp³-hybridized carbons (Fsp3) is 0.333. The van der Waals surface area contributed by atoms with Gasteiger partial charge >= 0.3 is 0 Å². The molecule has 1 N–H and O–H groups in total. The molecule has 0 aliphatic rings. The van der Waals surface area contributed by atoms with Crippen molar-refractivity contribution >= 4 is 15.9 Å². The van der Waals surface area contributed by atoms with Crippen LogP contribution in [0.4, 0.5) is 0 Å². The number of hydrogen-bond acceptors (Lipinski definition) is 3. The number of rotatable bonds is 6. The molecule has 2 aromatic rings. The minimum atomic E-state index is 0.268. The number of furan rings is 1. The highest BCUT2D eigenvalue weighted by atomic mass is 79.9. The third kappa shape index (κ3) is 3.61. The molecule has 0 saturated carbocycles. The van der Waals surface area contributed by atoms with Crippen LogP contribution in [0.2, 0.25) is 0 Å². The first-order chi connectivity index (χ1) is 9.24. The minimum absolute atomic E-state index is 0.268. The lowest BCUT2D eigenvalue weighted by atomic mass is 10.0. The number of benzene rings is 1. The third-order valence-electron chi connectivity index (χ3n) is 3.05. The molecule has 0 spiro atoms. The summed E-state index contributed by atoms with van der Waals surface area (Å²) in [6.45, 7) is 3.03. The van der Waals surface area contributed by atoms with E-state index >= 15 is 0 Å². The molecule has 0 amide bonds. The maximum atomic E-state index is 5.25. The van der Waals surface area contributed by atoms with Gasteiger partial charge in [-0.3, -0.25) is 0 Å². The molecule has 102 valence electrons. The smallest absolute Gasteiger partial charge is 0.133 e. The van der Waals surface area contributed by atoms with Gasteiger partial charge in [-0.25, -0.2) is 0 Å². The molecule has 0 radical (unpaired) electrons. The lowest BCUT2D eigenvalue weighted by Crippen LogP contribution is -2.22. The molecule has 1 unspecified atom stereocenters. The van der Waals surface area contributed by atoms with E-state index in [0.717, 1.165) is 23.2 Å². The molecule has 1 aromatic carbocycles. The van der Waals surface area contributed by atoms with Crippen LogP contribution < -0.4 is 10.1 Å². The van der Waals surface area contributed by atoms with Crippen LogP contribution in [0, 0.1) is 0 Å².